The van der Waals surface area contributed by atoms with Gasteiger partial charge in [-0.2, -0.15) is 10.2 Å². The van der Waals surface area contributed by atoms with Gasteiger partial charge in [0.15, 0.2) is 5.65 Å². The van der Waals surface area contributed by atoms with E-state index in [1.54, 1.807) is 18.3 Å². The zero-order valence-corrected chi connectivity index (χ0v) is 17.8. The molecule has 0 bridgehead atoms. The van der Waals surface area contributed by atoms with E-state index in [0.717, 1.165) is 12.4 Å². The number of carbonyl (C=O) groups is 2. The fourth-order valence-corrected chi connectivity index (χ4v) is 3.64. The molecule has 3 aromatic heterocycles. The Bertz CT molecular complexity index is 1470. The summed E-state index contributed by atoms with van der Waals surface area (Å²) in [7, 11) is 0. The average Bonchev–Trinajstić information content (AvgIpc) is 3.43. The second kappa shape index (κ2) is 8.78. The molecular formula is C22H16F2N8O3. The number of amides is 3. The van der Waals surface area contributed by atoms with Gasteiger partial charge < -0.3 is 10.5 Å². The van der Waals surface area contributed by atoms with Gasteiger partial charge in [-0.1, -0.05) is 6.07 Å². The fourth-order valence-electron chi connectivity index (χ4n) is 3.64. The number of hydrogen-bond donors (Lipinski definition) is 2. The number of carbonyl (C=O) groups excluding carboxylic acids is 2. The molecule has 0 saturated carbocycles. The number of aromatic nitrogens is 4. The molecule has 35 heavy (non-hydrogen) atoms. The highest BCUT2D eigenvalue weighted by atomic mass is 19.1. The number of halogens is 2. The van der Waals surface area contributed by atoms with Gasteiger partial charge in [-0.15, -0.1) is 0 Å². The van der Waals surface area contributed by atoms with E-state index >= 15 is 0 Å². The molecule has 1 aliphatic heterocycles. The van der Waals surface area contributed by atoms with E-state index in [2.05, 4.69) is 20.2 Å². The minimum absolute atomic E-state index is 0.0231. The number of cyclic esters (lactones) is 1. The van der Waals surface area contributed by atoms with Crippen LogP contribution in [0.5, 0.6) is 0 Å². The molecule has 0 spiro atoms. The first kappa shape index (κ1) is 21.9. The zero-order chi connectivity index (χ0) is 24.5. The highest BCUT2D eigenvalue weighted by Crippen LogP contribution is 2.33. The molecule has 4 heterocycles. The van der Waals surface area contributed by atoms with E-state index in [4.69, 9.17) is 10.5 Å². The normalized spacial score (nSPS) is 15.7. The van der Waals surface area contributed by atoms with Crippen molar-refractivity contribution in [3.63, 3.8) is 0 Å². The molecule has 1 fully saturated rings. The Morgan fingerprint density at radius 3 is 2.83 bits per heavy atom. The second-order valence-corrected chi connectivity index (χ2v) is 7.45. The van der Waals surface area contributed by atoms with Crippen LogP contribution in [-0.4, -0.2) is 44.5 Å². The molecule has 176 valence electrons. The number of anilines is 1. The third-order valence-corrected chi connectivity index (χ3v) is 5.26. The zero-order valence-electron chi connectivity index (χ0n) is 17.8. The van der Waals surface area contributed by atoms with Gasteiger partial charge in [0.2, 0.25) is 0 Å². The molecular weight excluding hydrogens is 462 g/mol. The van der Waals surface area contributed by atoms with E-state index < -0.39 is 29.8 Å². The number of nitrogens with two attached hydrogens (primary N) is 1. The summed E-state index contributed by atoms with van der Waals surface area (Å²) in [6.45, 7) is 0.0231. The smallest absolute Gasteiger partial charge is 0.416 e. The van der Waals surface area contributed by atoms with Crippen molar-refractivity contribution >= 4 is 29.8 Å². The lowest BCUT2D eigenvalue weighted by Gasteiger charge is -2.20. The topological polar surface area (TPSA) is 140 Å². The van der Waals surface area contributed by atoms with Crippen molar-refractivity contribution in [2.24, 2.45) is 10.8 Å². The summed E-state index contributed by atoms with van der Waals surface area (Å²) in [5.41, 5.74) is 8.84. The van der Waals surface area contributed by atoms with E-state index in [0.29, 0.717) is 22.5 Å². The third kappa shape index (κ3) is 4.21. The number of benzene rings is 1. The number of primary amides is 1. The maximum absolute atomic E-state index is 14.6. The first-order valence-electron chi connectivity index (χ1n) is 10.2. The molecule has 11 nitrogen and oxygen atoms in total. The maximum atomic E-state index is 14.6. The number of ether oxygens (including phenoxy) is 1. The van der Waals surface area contributed by atoms with Crippen LogP contribution < -0.4 is 16.1 Å². The quantitative estimate of drug-likeness (QED) is 0.334. The molecule has 0 unspecified atom stereocenters. The molecule has 3 amide bonds. The van der Waals surface area contributed by atoms with E-state index in [1.807, 2.05) is 5.43 Å². The van der Waals surface area contributed by atoms with Crippen molar-refractivity contribution < 1.29 is 23.1 Å². The number of fused-ring (bicyclic) bond motifs is 1. The number of urea groups is 1. The van der Waals surface area contributed by atoms with Gasteiger partial charge in [-0.25, -0.2) is 38.2 Å². The van der Waals surface area contributed by atoms with Crippen LogP contribution in [0.1, 0.15) is 17.3 Å². The molecule has 5 rings (SSSR count). The Labute approximate surface area is 195 Å². The molecule has 1 atom stereocenters. The summed E-state index contributed by atoms with van der Waals surface area (Å²) in [5.74, 6) is -0.833. The minimum atomic E-state index is -0.870. The summed E-state index contributed by atoms with van der Waals surface area (Å²) < 4.78 is 34.6. The third-order valence-electron chi connectivity index (χ3n) is 5.26. The molecule has 1 aromatic carbocycles. The van der Waals surface area contributed by atoms with E-state index in [9.17, 15) is 18.4 Å². The lowest BCUT2D eigenvalue weighted by atomic mass is 10.1. The highest BCUT2D eigenvalue weighted by Gasteiger charge is 2.37. The number of rotatable bonds is 5. The van der Waals surface area contributed by atoms with Crippen LogP contribution in [0.15, 0.2) is 60.1 Å². The highest BCUT2D eigenvalue weighted by molar-refractivity contribution is 5.90. The van der Waals surface area contributed by atoms with Gasteiger partial charge >= 0.3 is 12.1 Å². The Morgan fingerprint density at radius 2 is 2.09 bits per heavy atom. The Morgan fingerprint density at radius 1 is 1.23 bits per heavy atom. The van der Waals surface area contributed by atoms with Crippen LogP contribution in [0.4, 0.5) is 24.2 Å². The number of hydrogen-bond acceptors (Lipinski definition) is 7. The lowest BCUT2D eigenvalue weighted by molar-refractivity contribution is 0.178. The van der Waals surface area contributed by atoms with Crippen molar-refractivity contribution in [2.75, 3.05) is 11.5 Å². The van der Waals surface area contributed by atoms with E-state index in [1.165, 1.54) is 39.9 Å². The average molecular weight is 478 g/mol. The number of hydrazone groups is 1. The van der Waals surface area contributed by atoms with Crippen LogP contribution in [0.2, 0.25) is 0 Å². The van der Waals surface area contributed by atoms with E-state index in [-0.39, 0.29) is 18.0 Å². The van der Waals surface area contributed by atoms with Crippen LogP contribution in [0.3, 0.4) is 0 Å². The summed E-state index contributed by atoms with van der Waals surface area (Å²) >= 11 is 0. The summed E-state index contributed by atoms with van der Waals surface area (Å²) in [4.78, 5) is 33.2. The molecule has 0 radical (unpaired) electrons. The van der Waals surface area contributed by atoms with Crippen molar-refractivity contribution in [1.82, 2.24) is 25.0 Å². The predicted octanol–water partition coefficient (Wildman–Crippen LogP) is 2.77. The molecule has 0 aliphatic carbocycles. The Balaban J connectivity index is 1.50. The largest absolute Gasteiger partial charge is 0.446 e. The summed E-state index contributed by atoms with van der Waals surface area (Å²) in [5, 5.41) is 7.80. The first-order chi connectivity index (χ1) is 16.9. The minimum Gasteiger partial charge on any atom is -0.446 e. The van der Waals surface area contributed by atoms with Gasteiger partial charge in [0.1, 0.15) is 30.1 Å². The lowest BCUT2D eigenvalue weighted by Crippen LogP contribution is -2.28. The molecule has 4 aromatic rings. The van der Waals surface area contributed by atoms with Crippen LogP contribution in [0.25, 0.3) is 16.8 Å². The first-order valence-corrected chi connectivity index (χ1v) is 10.2. The van der Waals surface area contributed by atoms with Gasteiger partial charge in [-0.05, 0) is 35.9 Å². The van der Waals surface area contributed by atoms with Crippen molar-refractivity contribution in [2.45, 2.75) is 6.04 Å². The van der Waals surface area contributed by atoms with Crippen LogP contribution >= 0.6 is 0 Å². The summed E-state index contributed by atoms with van der Waals surface area (Å²) in [6, 6.07) is 7.21. The van der Waals surface area contributed by atoms with Crippen LogP contribution in [0, 0.1) is 11.6 Å². The van der Waals surface area contributed by atoms with Crippen LogP contribution in [-0.2, 0) is 4.74 Å². The van der Waals surface area contributed by atoms with Crippen molar-refractivity contribution in [3.8, 4) is 11.1 Å². The maximum Gasteiger partial charge on any atom is 0.416 e. The van der Waals surface area contributed by atoms with Gasteiger partial charge in [-0.3, -0.25) is 4.98 Å². The molecule has 1 aliphatic rings. The van der Waals surface area contributed by atoms with Gasteiger partial charge in [0.25, 0.3) is 0 Å². The monoisotopic (exact) mass is 478 g/mol. The van der Waals surface area contributed by atoms with Crippen molar-refractivity contribution in [1.29, 1.82) is 0 Å². The standard InChI is InChI=1S/C22H16F2N8O3/c23-14-3-4-17(26-9-14)18-11-35-22(34)32(18)19-5-6-31-20(29-19)15(10-28-31)12-1-2-13(16(24)7-12)8-27-30-21(25)33/h1-10,18H,11H2,(H3,25,30,33)/b27-8-/t18-/m1/s1. The predicted molar refractivity (Wildman–Crippen MR) is 119 cm³/mol. The SMILES string of the molecule is NC(=O)N/N=C\c1ccc(-c2cnn3ccc(N4C(=O)OC[C@@H]4c4ccc(F)cn4)nc23)cc1F. The molecule has 3 N–H and O–H groups in total. The fraction of sp³-hybridized carbons (Fsp3) is 0.0909. The Kier molecular flexibility index (Phi) is 5.49. The van der Waals surface area contributed by atoms with Gasteiger partial charge in [0.05, 0.1) is 24.3 Å². The summed E-state index contributed by atoms with van der Waals surface area (Å²) in [6.07, 6.45) is 4.69. The Hall–Kier alpha value is -4.94. The van der Waals surface area contributed by atoms with Crippen molar-refractivity contribution in [3.05, 3.63) is 77.9 Å². The number of nitrogens with zero attached hydrogens (tertiary/aromatic N) is 6. The number of nitrogens with one attached hydrogen (secondary N) is 1. The molecule has 13 heteroatoms. The van der Waals surface area contributed by atoms with Gasteiger partial charge in [0, 0.05) is 17.3 Å². The second-order valence-electron chi connectivity index (χ2n) is 7.45. The molecule has 1 saturated heterocycles. The number of pyridine rings is 1.